The highest BCUT2D eigenvalue weighted by molar-refractivity contribution is 6.12. The van der Waals surface area contributed by atoms with Crippen LogP contribution in [0.4, 0.5) is 0 Å². The quantitative estimate of drug-likeness (QED) is 0.186. The number of para-hydroxylation sites is 2. The van der Waals surface area contributed by atoms with E-state index in [4.69, 9.17) is 30.3 Å². The molecule has 0 unspecified atom stereocenters. The molecule has 234 valence electrons. The van der Waals surface area contributed by atoms with Crippen molar-refractivity contribution in [3.05, 3.63) is 170 Å². The van der Waals surface area contributed by atoms with Gasteiger partial charge in [-0.15, -0.1) is 0 Å². The summed E-state index contributed by atoms with van der Waals surface area (Å²) in [6.07, 6.45) is 0. The Morgan fingerprint density at radius 3 is 2.04 bits per heavy atom. The zero-order valence-electron chi connectivity index (χ0n) is 35.2. The predicted octanol–water partition coefficient (Wildman–Crippen LogP) is 11.5. The lowest BCUT2D eigenvalue weighted by atomic mass is 10.0. The third kappa shape index (κ3) is 4.60. The van der Waals surface area contributed by atoms with E-state index in [2.05, 4.69) is 0 Å². The molecule has 0 bridgehead atoms. The Kier molecular flexibility index (Phi) is 4.67. The van der Waals surface area contributed by atoms with Crippen LogP contribution in [0.15, 0.2) is 174 Å². The van der Waals surface area contributed by atoms with Gasteiger partial charge in [0, 0.05) is 32.7 Å². The Balaban J connectivity index is 1.31. The van der Waals surface area contributed by atoms with Crippen LogP contribution in [0.3, 0.4) is 0 Å². The maximum atomic E-state index is 9.21. The number of rotatable bonds is 5. The Hall–Kier alpha value is -6.85. The standard InChI is InChI=1S/C45H28N4O/c1-3-12-29(13-4-1)31-22-24-32(25-23-31)43-46-44(37-18-11-21-41-42(37)36-17-8-10-20-40(36)50-41)48-45(47-43)49-38-19-9-7-16-34(38)35-27-26-33(28-39(35)49)30-14-5-2-6-15-30/h1-28H/i2D,5D,6D,7D,9D,14D,15D,16D,19D. The van der Waals surface area contributed by atoms with Crippen LogP contribution in [0.1, 0.15) is 12.3 Å². The van der Waals surface area contributed by atoms with Crippen LogP contribution in [0.5, 0.6) is 0 Å². The van der Waals surface area contributed by atoms with E-state index in [1.54, 1.807) is 22.8 Å². The molecule has 10 rings (SSSR count). The largest absolute Gasteiger partial charge is 0.456 e. The van der Waals surface area contributed by atoms with Crippen molar-refractivity contribution in [2.24, 2.45) is 0 Å². The summed E-state index contributed by atoms with van der Waals surface area (Å²) in [4.78, 5) is 15.1. The van der Waals surface area contributed by atoms with Crippen molar-refractivity contribution < 1.29 is 16.8 Å². The number of nitrogens with zero attached hydrogens (tertiary/aromatic N) is 4. The van der Waals surface area contributed by atoms with Crippen molar-refractivity contribution >= 4 is 43.7 Å². The van der Waals surface area contributed by atoms with Crippen LogP contribution < -0.4 is 0 Å². The van der Waals surface area contributed by atoms with Gasteiger partial charge >= 0.3 is 0 Å². The summed E-state index contributed by atoms with van der Waals surface area (Å²) in [5.41, 5.74) is 5.26. The molecule has 5 nitrogen and oxygen atoms in total. The Labute approximate surface area is 300 Å². The first-order valence-corrected chi connectivity index (χ1v) is 16.0. The first kappa shape index (κ1) is 20.5. The molecule has 50 heavy (non-hydrogen) atoms. The molecule has 0 aliphatic rings. The van der Waals surface area contributed by atoms with E-state index < -0.39 is 42.3 Å². The molecule has 3 heterocycles. The highest BCUT2D eigenvalue weighted by Gasteiger charge is 2.20. The van der Waals surface area contributed by atoms with Gasteiger partial charge < -0.3 is 4.42 Å². The zero-order chi connectivity index (χ0) is 40.9. The van der Waals surface area contributed by atoms with Gasteiger partial charge in [-0.3, -0.25) is 4.57 Å². The topological polar surface area (TPSA) is 56.7 Å². The molecule has 0 fully saturated rings. The molecule has 7 aromatic carbocycles. The lowest BCUT2D eigenvalue weighted by Gasteiger charge is -2.12. The molecule has 0 atom stereocenters. The zero-order valence-corrected chi connectivity index (χ0v) is 26.2. The van der Waals surface area contributed by atoms with Gasteiger partial charge in [0.15, 0.2) is 11.6 Å². The van der Waals surface area contributed by atoms with Crippen molar-refractivity contribution in [3.8, 4) is 51.0 Å². The second-order valence-corrected chi connectivity index (χ2v) is 11.8. The summed E-state index contributed by atoms with van der Waals surface area (Å²) in [5, 5.41) is 2.25. The lowest BCUT2D eigenvalue weighted by Crippen LogP contribution is -2.06. The van der Waals surface area contributed by atoms with Crippen LogP contribution in [-0.4, -0.2) is 19.5 Å². The molecule has 0 saturated carbocycles. The third-order valence-electron chi connectivity index (χ3n) is 8.91. The minimum Gasteiger partial charge on any atom is -0.456 e. The van der Waals surface area contributed by atoms with Crippen molar-refractivity contribution in [2.75, 3.05) is 0 Å². The molecule has 0 saturated heterocycles. The van der Waals surface area contributed by atoms with Gasteiger partial charge in [0.1, 0.15) is 11.2 Å². The summed E-state index contributed by atoms with van der Waals surface area (Å²) in [6, 6.07) is 32.0. The predicted molar refractivity (Wildman–Crippen MR) is 203 cm³/mol. The second-order valence-electron chi connectivity index (χ2n) is 11.8. The molecule has 10 aromatic rings. The minimum atomic E-state index is -0.523. The van der Waals surface area contributed by atoms with Crippen molar-refractivity contribution in [3.63, 3.8) is 0 Å². The highest BCUT2D eigenvalue weighted by Crippen LogP contribution is 2.38. The highest BCUT2D eigenvalue weighted by atomic mass is 16.3. The molecule has 0 radical (unpaired) electrons. The van der Waals surface area contributed by atoms with Gasteiger partial charge in [-0.05, 0) is 46.5 Å². The van der Waals surface area contributed by atoms with E-state index in [9.17, 15) is 1.37 Å². The Morgan fingerprint density at radius 2 is 1.16 bits per heavy atom. The number of fused-ring (bicyclic) bond motifs is 6. The molecule has 0 aliphatic heterocycles. The molecule has 0 amide bonds. The second kappa shape index (κ2) is 11.4. The number of benzene rings is 7. The summed E-state index contributed by atoms with van der Waals surface area (Å²) in [5.74, 6) is 0.587. The van der Waals surface area contributed by atoms with Gasteiger partial charge in [-0.25, -0.2) is 4.98 Å². The molecule has 5 heteroatoms. The fraction of sp³-hybridized carbons (Fsp3) is 0. The molecule has 3 aromatic heterocycles. The van der Waals surface area contributed by atoms with Gasteiger partial charge in [-0.1, -0.05) is 145 Å². The van der Waals surface area contributed by atoms with Crippen LogP contribution in [0, 0.1) is 0 Å². The SMILES string of the molecule is [2H]c1c([2H])c([2H])c(-c2ccc3c4c([2H])c([2H])c([2H])c([2H])c4n(-c4nc(-c5ccc(-c6ccccc6)cc5)nc(-c5cccc6oc7ccccc7c56)n4)c3c2)c([2H])c1[2H]. The average Bonchev–Trinajstić information content (AvgIpc) is 3.83. The van der Waals surface area contributed by atoms with Crippen molar-refractivity contribution in [2.45, 2.75) is 0 Å². The van der Waals surface area contributed by atoms with Crippen LogP contribution in [0.25, 0.3) is 94.7 Å². The fourth-order valence-electron chi connectivity index (χ4n) is 6.59. The maximum Gasteiger partial charge on any atom is 0.238 e. The van der Waals surface area contributed by atoms with Gasteiger partial charge in [-0.2, -0.15) is 9.97 Å². The van der Waals surface area contributed by atoms with Crippen LogP contribution in [-0.2, 0) is 0 Å². The molecule has 0 aliphatic carbocycles. The summed E-state index contributed by atoms with van der Waals surface area (Å²) >= 11 is 0. The third-order valence-corrected chi connectivity index (χ3v) is 8.91. The first-order chi connectivity index (χ1) is 28.5. The van der Waals surface area contributed by atoms with Gasteiger partial charge in [0.2, 0.25) is 5.95 Å². The molecular weight excluding hydrogens is 613 g/mol. The average molecular weight is 650 g/mol. The van der Waals surface area contributed by atoms with Crippen molar-refractivity contribution in [1.82, 2.24) is 19.5 Å². The van der Waals surface area contributed by atoms with E-state index in [0.29, 0.717) is 33.2 Å². The number of hydrogen-bond donors (Lipinski definition) is 0. The van der Waals surface area contributed by atoms with Crippen LogP contribution >= 0.6 is 0 Å². The minimum absolute atomic E-state index is 0.0326. The monoisotopic (exact) mass is 649 g/mol. The smallest absolute Gasteiger partial charge is 0.238 e. The first-order valence-electron chi connectivity index (χ1n) is 20.5. The summed E-state index contributed by atoms with van der Waals surface area (Å²) in [6.45, 7) is 0. The normalized spacial score (nSPS) is 14.1. The molecular formula is C45H28N4O. The fourth-order valence-corrected chi connectivity index (χ4v) is 6.59. The molecule has 0 N–H and O–H groups in total. The number of hydrogen-bond acceptors (Lipinski definition) is 4. The summed E-state index contributed by atoms with van der Waals surface area (Å²) in [7, 11) is 0. The Bertz CT molecular complexity index is 3350. The number of furan rings is 1. The van der Waals surface area contributed by atoms with Gasteiger partial charge in [0.25, 0.3) is 0 Å². The van der Waals surface area contributed by atoms with Crippen molar-refractivity contribution in [1.29, 1.82) is 0 Å². The van der Waals surface area contributed by atoms with E-state index in [0.717, 1.165) is 21.9 Å². The van der Waals surface area contributed by atoms with E-state index >= 15 is 0 Å². The van der Waals surface area contributed by atoms with Crippen LogP contribution in [0.2, 0.25) is 0 Å². The van der Waals surface area contributed by atoms with E-state index in [-0.39, 0.29) is 51.7 Å². The lowest BCUT2D eigenvalue weighted by molar-refractivity contribution is 0.669. The Morgan fingerprint density at radius 1 is 0.460 bits per heavy atom. The van der Waals surface area contributed by atoms with E-state index in [1.165, 1.54) is 0 Å². The number of aromatic nitrogens is 4. The molecule has 0 spiro atoms. The van der Waals surface area contributed by atoms with E-state index in [1.807, 2.05) is 97.1 Å². The summed E-state index contributed by atoms with van der Waals surface area (Å²) < 4.78 is 85.6. The van der Waals surface area contributed by atoms with Gasteiger partial charge in [0.05, 0.1) is 23.4 Å². The maximum absolute atomic E-state index is 9.21.